The number of benzene rings is 3. The van der Waals surface area contributed by atoms with Gasteiger partial charge in [-0.25, -0.2) is 15.0 Å². The third-order valence-corrected chi connectivity index (χ3v) is 8.06. The molecule has 0 bridgehead atoms. The Morgan fingerprint density at radius 1 is 1.02 bits per heavy atom. The topological polar surface area (TPSA) is 146 Å². The second-order valence-corrected chi connectivity index (χ2v) is 11.8. The number of carbonyl (C=O) groups excluding carboxylic acids is 3. The van der Waals surface area contributed by atoms with Crippen LogP contribution in [0.15, 0.2) is 64.9 Å². The zero-order chi connectivity index (χ0) is 34.1. The van der Waals surface area contributed by atoms with Crippen molar-refractivity contribution in [2.45, 2.75) is 26.5 Å². The Kier molecular flexibility index (Phi) is 12.6. The molecule has 15 heteroatoms. The lowest BCUT2D eigenvalue weighted by Crippen LogP contribution is -2.45. The van der Waals surface area contributed by atoms with E-state index in [0.29, 0.717) is 45.0 Å². The van der Waals surface area contributed by atoms with E-state index in [1.54, 1.807) is 49.4 Å². The minimum Gasteiger partial charge on any atom is -0.493 e. The van der Waals surface area contributed by atoms with Gasteiger partial charge in [-0.3, -0.25) is 4.79 Å². The van der Waals surface area contributed by atoms with E-state index in [-0.39, 0.29) is 30.3 Å². The number of nitrogens with zero attached hydrogens (tertiary/aromatic N) is 1. The molecule has 1 heterocycles. The van der Waals surface area contributed by atoms with Crippen LogP contribution in [0, 0.1) is 3.57 Å². The molecule has 3 amide bonds. The molecule has 0 aliphatic carbocycles. The highest BCUT2D eigenvalue weighted by Gasteiger charge is 2.32. The maximum Gasteiger partial charge on any atom is 0.337 e. The number of hydrogen-bond donors (Lipinski definition) is 3. The van der Waals surface area contributed by atoms with Crippen molar-refractivity contribution in [2.75, 3.05) is 27.4 Å². The van der Waals surface area contributed by atoms with Gasteiger partial charge in [0.2, 0.25) is 0 Å². The molecule has 3 aromatic carbocycles. The number of carbonyl (C=O) groups is 3. The van der Waals surface area contributed by atoms with Crippen LogP contribution < -0.4 is 35.0 Å². The summed E-state index contributed by atoms with van der Waals surface area (Å²) in [4.78, 5) is 37.1. The van der Waals surface area contributed by atoms with E-state index in [0.717, 1.165) is 9.13 Å². The summed E-state index contributed by atoms with van der Waals surface area (Å²) in [6.07, 6.45) is 1.47. The van der Waals surface area contributed by atoms with Crippen LogP contribution in [0.2, 0.25) is 10.0 Å². The number of hydrazone groups is 1. The molecular weight excluding hydrogens is 766 g/mol. The molecule has 12 nitrogen and oxygen atoms in total. The average molecular weight is 797 g/mol. The van der Waals surface area contributed by atoms with Gasteiger partial charge in [-0.2, -0.15) is 5.10 Å². The fourth-order valence-electron chi connectivity index (χ4n) is 4.52. The van der Waals surface area contributed by atoms with Gasteiger partial charge in [-0.15, -0.1) is 0 Å². The standard InChI is InChI=1S/C32H31Cl2IN4O8/c1-5-45-26-11-18(10-23(35)30(26)47-15-20-6-8-21(33)13-22(20)34)14-36-39-27(40)16-46-24-9-7-19(12-25(24)43-3)29-28(31(41)44-4)17(2)37-32(42)38-29/h6-14,29H,5,15-16H2,1-4H3,(H,39,40)(H2,37,38,42)/b36-14-/t29-/m0/s1. The van der Waals surface area contributed by atoms with E-state index >= 15 is 0 Å². The Morgan fingerprint density at radius 3 is 2.51 bits per heavy atom. The molecule has 0 fully saturated rings. The Morgan fingerprint density at radius 2 is 1.81 bits per heavy atom. The van der Waals surface area contributed by atoms with Crippen molar-refractivity contribution in [3.8, 4) is 23.0 Å². The average Bonchev–Trinajstić information content (AvgIpc) is 3.03. The summed E-state index contributed by atoms with van der Waals surface area (Å²) in [5.41, 5.74) is 5.02. The van der Waals surface area contributed by atoms with E-state index in [4.69, 9.17) is 46.9 Å². The van der Waals surface area contributed by atoms with Gasteiger partial charge in [0, 0.05) is 21.3 Å². The second-order valence-electron chi connectivity index (χ2n) is 9.84. The van der Waals surface area contributed by atoms with Crippen LogP contribution >= 0.6 is 45.8 Å². The molecule has 0 spiro atoms. The van der Waals surface area contributed by atoms with Gasteiger partial charge in [0.1, 0.15) is 6.61 Å². The summed E-state index contributed by atoms with van der Waals surface area (Å²) in [6.45, 7) is 3.72. The molecule has 1 aliphatic rings. The number of rotatable bonds is 13. The van der Waals surface area contributed by atoms with Crippen LogP contribution in [0.5, 0.6) is 23.0 Å². The molecule has 3 N–H and O–H groups in total. The Balaban J connectivity index is 1.39. The predicted octanol–water partition coefficient (Wildman–Crippen LogP) is 5.91. The van der Waals surface area contributed by atoms with Crippen LogP contribution in [-0.4, -0.2) is 51.6 Å². The second kappa shape index (κ2) is 16.6. The molecule has 3 aromatic rings. The number of allylic oxidation sites excluding steroid dienone is 1. The van der Waals surface area contributed by atoms with E-state index in [1.807, 2.05) is 13.0 Å². The smallest absolute Gasteiger partial charge is 0.337 e. The maximum atomic E-state index is 12.5. The van der Waals surface area contributed by atoms with E-state index in [1.165, 1.54) is 20.4 Å². The molecule has 0 saturated carbocycles. The van der Waals surface area contributed by atoms with Crippen LogP contribution in [-0.2, 0) is 20.9 Å². The first-order chi connectivity index (χ1) is 22.5. The van der Waals surface area contributed by atoms with Gasteiger partial charge in [-0.1, -0.05) is 35.3 Å². The number of urea groups is 1. The van der Waals surface area contributed by atoms with Crippen molar-refractivity contribution in [2.24, 2.45) is 5.10 Å². The molecule has 248 valence electrons. The summed E-state index contributed by atoms with van der Waals surface area (Å²) >= 11 is 14.4. The van der Waals surface area contributed by atoms with E-state index in [2.05, 4.69) is 43.8 Å². The summed E-state index contributed by atoms with van der Waals surface area (Å²) in [6, 6.07) is 12.3. The zero-order valence-electron chi connectivity index (χ0n) is 25.7. The predicted molar refractivity (Wildman–Crippen MR) is 184 cm³/mol. The molecule has 0 saturated heterocycles. The highest BCUT2D eigenvalue weighted by molar-refractivity contribution is 14.1. The molecule has 1 aliphatic heterocycles. The Labute approximate surface area is 294 Å². The first-order valence-corrected chi connectivity index (χ1v) is 15.9. The van der Waals surface area contributed by atoms with Crippen molar-refractivity contribution in [3.05, 3.63) is 90.1 Å². The van der Waals surface area contributed by atoms with Gasteiger partial charge in [0.25, 0.3) is 5.91 Å². The van der Waals surface area contributed by atoms with Gasteiger partial charge in [0.05, 0.1) is 42.2 Å². The zero-order valence-corrected chi connectivity index (χ0v) is 29.4. The Bertz CT molecular complexity index is 1730. The number of ether oxygens (including phenoxy) is 5. The SMILES string of the molecule is CCOc1cc(/C=N\NC(=O)COc2ccc([C@@H]3NC(=O)NC(C)=C3C(=O)OC)cc2OC)cc(I)c1OCc1ccc(Cl)cc1Cl. The first kappa shape index (κ1) is 35.6. The van der Waals surface area contributed by atoms with Gasteiger partial charge in [-0.05, 0) is 84.0 Å². The highest BCUT2D eigenvalue weighted by atomic mass is 127. The van der Waals surface area contributed by atoms with Crippen LogP contribution in [0.25, 0.3) is 0 Å². The minimum atomic E-state index is -0.786. The van der Waals surface area contributed by atoms with Crippen LogP contribution in [0.4, 0.5) is 4.79 Å². The fourth-order valence-corrected chi connectivity index (χ4v) is 5.76. The molecule has 0 radical (unpaired) electrons. The van der Waals surface area contributed by atoms with Crippen molar-refractivity contribution in [3.63, 3.8) is 0 Å². The van der Waals surface area contributed by atoms with Crippen LogP contribution in [0.1, 0.15) is 36.6 Å². The van der Waals surface area contributed by atoms with Crippen molar-refractivity contribution >= 4 is 69.9 Å². The molecule has 47 heavy (non-hydrogen) atoms. The molecule has 1 atom stereocenters. The van der Waals surface area contributed by atoms with Crippen molar-refractivity contribution in [1.82, 2.24) is 16.1 Å². The normalized spacial score (nSPS) is 14.3. The van der Waals surface area contributed by atoms with Gasteiger partial charge >= 0.3 is 12.0 Å². The number of amides is 3. The summed E-state index contributed by atoms with van der Waals surface area (Å²) in [7, 11) is 2.69. The van der Waals surface area contributed by atoms with Gasteiger partial charge < -0.3 is 34.3 Å². The summed E-state index contributed by atoms with van der Waals surface area (Å²) in [5.74, 6) is 0.482. The van der Waals surface area contributed by atoms with E-state index in [9.17, 15) is 14.4 Å². The third-order valence-electron chi connectivity index (χ3n) is 6.68. The number of halogens is 3. The number of esters is 1. The molecular formula is C32H31Cl2IN4O8. The lowest BCUT2D eigenvalue weighted by atomic mass is 9.95. The fraction of sp³-hybridized carbons (Fsp3) is 0.250. The number of methoxy groups -OCH3 is 2. The Hall–Kier alpha value is -4.21. The van der Waals surface area contributed by atoms with E-state index < -0.39 is 23.9 Å². The third kappa shape index (κ3) is 9.20. The van der Waals surface area contributed by atoms with Crippen LogP contribution in [0.3, 0.4) is 0 Å². The monoisotopic (exact) mass is 796 g/mol. The van der Waals surface area contributed by atoms with Crippen molar-refractivity contribution in [1.29, 1.82) is 0 Å². The summed E-state index contributed by atoms with van der Waals surface area (Å²) < 4.78 is 28.6. The summed E-state index contributed by atoms with van der Waals surface area (Å²) in [5, 5.41) is 10.4. The molecule has 4 rings (SSSR count). The number of hydrogen-bond acceptors (Lipinski definition) is 9. The van der Waals surface area contributed by atoms with Gasteiger partial charge in [0.15, 0.2) is 29.6 Å². The highest BCUT2D eigenvalue weighted by Crippen LogP contribution is 2.36. The lowest BCUT2D eigenvalue weighted by Gasteiger charge is -2.28. The quantitative estimate of drug-likeness (QED) is 0.0838. The first-order valence-electron chi connectivity index (χ1n) is 14.1. The minimum absolute atomic E-state index is 0.211. The lowest BCUT2D eigenvalue weighted by molar-refractivity contribution is -0.136. The number of nitrogens with one attached hydrogen (secondary N) is 3. The maximum absolute atomic E-state index is 12.5. The molecule has 0 unspecified atom stereocenters. The van der Waals surface area contributed by atoms with Crippen molar-refractivity contribution < 1.29 is 38.1 Å². The molecule has 0 aromatic heterocycles. The largest absolute Gasteiger partial charge is 0.493 e.